The molecule has 2 rings (SSSR count). The maximum Gasteiger partial charge on any atom is 0.191 e. The van der Waals surface area contributed by atoms with Gasteiger partial charge in [-0.3, -0.25) is 4.99 Å². The predicted molar refractivity (Wildman–Crippen MR) is 115 cm³/mol. The molecule has 2 fully saturated rings. The zero-order chi connectivity index (χ0) is 17.3. The van der Waals surface area contributed by atoms with Crippen LogP contribution in [0.25, 0.3) is 0 Å². The third-order valence-electron chi connectivity index (χ3n) is 5.12. The highest BCUT2D eigenvalue weighted by molar-refractivity contribution is 14.0. The fourth-order valence-electron chi connectivity index (χ4n) is 3.38. The van der Waals surface area contributed by atoms with E-state index in [1.165, 1.54) is 25.7 Å². The van der Waals surface area contributed by atoms with Gasteiger partial charge in [-0.15, -0.1) is 24.0 Å². The Labute approximate surface area is 171 Å². The van der Waals surface area contributed by atoms with E-state index in [0.717, 1.165) is 58.3 Å². The van der Waals surface area contributed by atoms with Crippen molar-refractivity contribution in [2.75, 3.05) is 39.5 Å². The zero-order valence-corrected chi connectivity index (χ0v) is 18.6. The lowest BCUT2D eigenvalue weighted by molar-refractivity contribution is 0.0893. The Morgan fingerprint density at radius 2 is 2.00 bits per heavy atom. The Morgan fingerprint density at radius 3 is 2.64 bits per heavy atom. The van der Waals surface area contributed by atoms with E-state index >= 15 is 0 Å². The Bertz CT molecular complexity index is 375. The van der Waals surface area contributed by atoms with E-state index in [1.807, 2.05) is 0 Å². The summed E-state index contributed by atoms with van der Waals surface area (Å²) in [6.45, 7) is 12.0. The van der Waals surface area contributed by atoms with Crippen LogP contribution in [0.3, 0.4) is 0 Å². The van der Waals surface area contributed by atoms with Gasteiger partial charge in [-0.05, 0) is 50.9 Å². The minimum absolute atomic E-state index is 0. The van der Waals surface area contributed by atoms with Gasteiger partial charge in [-0.1, -0.05) is 13.8 Å². The van der Waals surface area contributed by atoms with Crippen LogP contribution in [-0.2, 0) is 9.47 Å². The SMILES string of the molecule is CCNC(=NCCCOCC1CCOC1)NC1CCC(C)(C)CC1.I. The molecule has 5 nitrogen and oxygen atoms in total. The standard InChI is InChI=1S/C19H37N3O2.HI/c1-4-20-18(22-17-6-9-19(2,3)10-7-17)21-11-5-12-23-14-16-8-13-24-15-16;/h16-17H,4-15H2,1-3H3,(H2,20,21,22);1H. The van der Waals surface area contributed by atoms with Crippen molar-refractivity contribution in [3.63, 3.8) is 0 Å². The average Bonchev–Trinajstić information content (AvgIpc) is 3.06. The van der Waals surface area contributed by atoms with Crippen LogP contribution in [0.5, 0.6) is 0 Å². The van der Waals surface area contributed by atoms with E-state index in [-0.39, 0.29) is 24.0 Å². The number of nitrogens with one attached hydrogen (secondary N) is 2. The van der Waals surface area contributed by atoms with Gasteiger partial charge >= 0.3 is 0 Å². The van der Waals surface area contributed by atoms with Crippen molar-refractivity contribution in [2.24, 2.45) is 16.3 Å². The molecule has 0 bridgehead atoms. The lowest BCUT2D eigenvalue weighted by Gasteiger charge is -2.35. The van der Waals surface area contributed by atoms with Crippen molar-refractivity contribution in [3.8, 4) is 0 Å². The smallest absolute Gasteiger partial charge is 0.191 e. The summed E-state index contributed by atoms with van der Waals surface area (Å²) >= 11 is 0. The molecule has 1 unspecified atom stereocenters. The van der Waals surface area contributed by atoms with Crippen LogP contribution in [0.4, 0.5) is 0 Å². The van der Waals surface area contributed by atoms with Crippen LogP contribution in [0.1, 0.15) is 59.3 Å². The van der Waals surface area contributed by atoms with E-state index in [9.17, 15) is 0 Å². The Kier molecular flexibility index (Phi) is 11.3. The first kappa shape index (κ1) is 23.0. The number of nitrogens with zero attached hydrogens (tertiary/aromatic N) is 1. The number of ether oxygens (including phenoxy) is 2. The third kappa shape index (κ3) is 9.43. The number of hydrogen-bond donors (Lipinski definition) is 2. The van der Waals surface area contributed by atoms with Crippen molar-refractivity contribution in [1.29, 1.82) is 0 Å². The molecule has 1 heterocycles. The second-order valence-corrected chi connectivity index (χ2v) is 8.00. The van der Waals surface area contributed by atoms with Crippen LogP contribution < -0.4 is 10.6 Å². The fourth-order valence-corrected chi connectivity index (χ4v) is 3.38. The largest absolute Gasteiger partial charge is 0.381 e. The monoisotopic (exact) mass is 467 g/mol. The van der Waals surface area contributed by atoms with Crippen LogP contribution in [0, 0.1) is 11.3 Å². The minimum Gasteiger partial charge on any atom is -0.381 e. The van der Waals surface area contributed by atoms with Crippen molar-refractivity contribution >= 4 is 29.9 Å². The Balaban J connectivity index is 0.00000312. The molecule has 1 saturated heterocycles. The molecule has 0 aromatic rings. The van der Waals surface area contributed by atoms with Gasteiger partial charge in [0.1, 0.15) is 0 Å². The molecule has 6 heteroatoms. The summed E-state index contributed by atoms with van der Waals surface area (Å²) in [6.07, 6.45) is 7.19. The molecule has 0 amide bonds. The molecular formula is C19H38IN3O2. The molecular weight excluding hydrogens is 429 g/mol. The second kappa shape index (κ2) is 12.3. The van der Waals surface area contributed by atoms with Gasteiger partial charge in [0, 0.05) is 38.3 Å². The van der Waals surface area contributed by atoms with Gasteiger partial charge in [-0.25, -0.2) is 0 Å². The summed E-state index contributed by atoms with van der Waals surface area (Å²) < 4.78 is 11.1. The van der Waals surface area contributed by atoms with Crippen molar-refractivity contribution < 1.29 is 9.47 Å². The number of guanidine groups is 1. The van der Waals surface area contributed by atoms with Crippen LogP contribution in [-0.4, -0.2) is 51.5 Å². The molecule has 0 aromatic carbocycles. The van der Waals surface area contributed by atoms with Crippen molar-refractivity contribution in [1.82, 2.24) is 10.6 Å². The molecule has 1 aliphatic heterocycles. The molecule has 1 aliphatic carbocycles. The van der Waals surface area contributed by atoms with Crippen molar-refractivity contribution in [3.05, 3.63) is 0 Å². The Morgan fingerprint density at radius 1 is 1.24 bits per heavy atom. The molecule has 148 valence electrons. The fraction of sp³-hybridized carbons (Fsp3) is 0.947. The molecule has 0 radical (unpaired) electrons. The summed E-state index contributed by atoms with van der Waals surface area (Å²) in [5.74, 6) is 1.56. The second-order valence-electron chi connectivity index (χ2n) is 8.00. The highest BCUT2D eigenvalue weighted by atomic mass is 127. The third-order valence-corrected chi connectivity index (χ3v) is 5.12. The molecule has 1 atom stereocenters. The van der Waals surface area contributed by atoms with E-state index < -0.39 is 0 Å². The molecule has 1 saturated carbocycles. The highest BCUT2D eigenvalue weighted by Crippen LogP contribution is 2.34. The van der Waals surface area contributed by atoms with E-state index in [2.05, 4.69) is 31.4 Å². The van der Waals surface area contributed by atoms with Gasteiger partial charge in [0.25, 0.3) is 0 Å². The summed E-state index contributed by atoms with van der Waals surface area (Å²) in [5.41, 5.74) is 0.509. The number of halogens is 1. The first-order valence-electron chi connectivity index (χ1n) is 9.79. The van der Waals surface area contributed by atoms with Crippen LogP contribution in [0.2, 0.25) is 0 Å². The molecule has 2 aliphatic rings. The van der Waals surface area contributed by atoms with Gasteiger partial charge < -0.3 is 20.1 Å². The molecule has 0 spiro atoms. The lowest BCUT2D eigenvalue weighted by Crippen LogP contribution is -2.45. The lowest BCUT2D eigenvalue weighted by atomic mass is 9.75. The number of hydrogen-bond acceptors (Lipinski definition) is 3. The van der Waals surface area contributed by atoms with E-state index in [0.29, 0.717) is 17.4 Å². The van der Waals surface area contributed by atoms with Gasteiger partial charge in [0.05, 0.1) is 13.2 Å². The maximum absolute atomic E-state index is 5.74. The number of rotatable bonds is 8. The van der Waals surface area contributed by atoms with E-state index in [4.69, 9.17) is 14.5 Å². The summed E-state index contributed by atoms with van der Waals surface area (Å²) in [6, 6.07) is 0.564. The summed E-state index contributed by atoms with van der Waals surface area (Å²) in [5, 5.41) is 6.98. The average molecular weight is 467 g/mol. The first-order chi connectivity index (χ1) is 11.6. The molecule has 25 heavy (non-hydrogen) atoms. The summed E-state index contributed by atoms with van der Waals surface area (Å²) in [4.78, 5) is 4.70. The van der Waals surface area contributed by atoms with Crippen LogP contribution in [0.15, 0.2) is 4.99 Å². The quantitative estimate of drug-likeness (QED) is 0.248. The van der Waals surface area contributed by atoms with Gasteiger partial charge in [-0.2, -0.15) is 0 Å². The van der Waals surface area contributed by atoms with Gasteiger partial charge in [0.15, 0.2) is 5.96 Å². The van der Waals surface area contributed by atoms with Gasteiger partial charge in [0.2, 0.25) is 0 Å². The Hall–Kier alpha value is -0.0800. The minimum atomic E-state index is 0. The highest BCUT2D eigenvalue weighted by Gasteiger charge is 2.27. The zero-order valence-electron chi connectivity index (χ0n) is 16.3. The maximum atomic E-state index is 5.74. The number of aliphatic imine (C=N–C) groups is 1. The summed E-state index contributed by atoms with van der Waals surface area (Å²) in [7, 11) is 0. The first-order valence-corrected chi connectivity index (χ1v) is 9.79. The molecule has 2 N–H and O–H groups in total. The van der Waals surface area contributed by atoms with Crippen LogP contribution >= 0.6 is 24.0 Å². The molecule has 0 aromatic heterocycles. The normalized spacial score (nSPS) is 24.0. The topological polar surface area (TPSA) is 54.9 Å². The van der Waals surface area contributed by atoms with Crippen molar-refractivity contribution in [2.45, 2.75) is 65.3 Å². The predicted octanol–water partition coefficient (Wildman–Crippen LogP) is 3.57. The van der Waals surface area contributed by atoms with E-state index in [1.54, 1.807) is 0 Å².